The van der Waals surface area contributed by atoms with Gasteiger partial charge in [0.05, 0.1) is 6.04 Å². The number of carbonyl (C=O) groups excluding carboxylic acids is 2. The zero-order chi connectivity index (χ0) is 23.7. The molecule has 7 heteroatoms. The molecule has 2 aliphatic rings. The molecule has 2 amide bonds. The van der Waals surface area contributed by atoms with Crippen LogP contribution >= 0.6 is 0 Å². The second kappa shape index (κ2) is 9.33. The highest BCUT2D eigenvalue weighted by Gasteiger charge is 2.39. The standard InChI is InChI=1S/C27H29N3O4/c1-3-28-26(31)23-15-34-24(29-23)16-33-21-11-10-18-12-13-30(27(32)20-8-9-20)25(22(18)14-21)19-6-4-17(2)5-7-19/h4-7,10-11,14-15,20,25H,3,8-9,12-13,16H2,1-2H3,(H,28,31)/t25-/m1/s1. The van der Waals surface area contributed by atoms with Crippen LogP contribution in [0.1, 0.15) is 64.4 Å². The Balaban J connectivity index is 1.40. The molecule has 1 saturated carbocycles. The average molecular weight is 460 g/mol. The summed E-state index contributed by atoms with van der Waals surface area (Å²) in [5.74, 6) is 1.15. The minimum absolute atomic E-state index is 0.109. The number of nitrogens with one attached hydrogen (secondary N) is 1. The SMILES string of the molecule is CCNC(=O)c1coc(COc2ccc3c(c2)[C@@H](c2ccc(C)cc2)N(C(=O)C2CC2)CC3)n1. The van der Waals surface area contributed by atoms with Crippen LogP contribution < -0.4 is 10.1 Å². The summed E-state index contributed by atoms with van der Waals surface area (Å²) in [7, 11) is 0. The van der Waals surface area contributed by atoms with Gasteiger partial charge in [-0.3, -0.25) is 9.59 Å². The lowest BCUT2D eigenvalue weighted by molar-refractivity contribution is -0.134. The number of amides is 2. The number of hydrogen-bond donors (Lipinski definition) is 1. The molecule has 1 aromatic heterocycles. The lowest BCUT2D eigenvalue weighted by Gasteiger charge is -2.38. The topological polar surface area (TPSA) is 84.7 Å². The maximum absolute atomic E-state index is 13.2. The molecule has 0 radical (unpaired) electrons. The normalized spacial score (nSPS) is 17.2. The monoisotopic (exact) mass is 459 g/mol. The van der Waals surface area contributed by atoms with Crippen LogP contribution in [0.3, 0.4) is 0 Å². The van der Waals surface area contributed by atoms with Crippen LogP contribution in [0.2, 0.25) is 0 Å². The molecular formula is C27H29N3O4. The van der Waals surface area contributed by atoms with E-state index in [1.165, 1.54) is 17.4 Å². The zero-order valence-corrected chi connectivity index (χ0v) is 19.5. The van der Waals surface area contributed by atoms with Gasteiger partial charge in [-0.15, -0.1) is 0 Å². The van der Waals surface area contributed by atoms with Gasteiger partial charge in [-0.25, -0.2) is 4.98 Å². The molecule has 5 rings (SSSR count). The van der Waals surface area contributed by atoms with Gasteiger partial charge in [0.2, 0.25) is 11.8 Å². The maximum atomic E-state index is 13.2. The fraction of sp³-hybridized carbons (Fsp3) is 0.370. The molecular weight excluding hydrogens is 430 g/mol. The third-order valence-corrected chi connectivity index (χ3v) is 6.43. The molecule has 1 aliphatic heterocycles. The van der Waals surface area contributed by atoms with Crippen molar-refractivity contribution in [3.63, 3.8) is 0 Å². The second-order valence-corrected chi connectivity index (χ2v) is 9.00. The summed E-state index contributed by atoms with van der Waals surface area (Å²) < 4.78 is 11.4. The Labute approximate surface area is 199 Å². The fourth-order valence-electron chi connectivity index (χ4n) is 4.47. The molecule has 1 atom stereocenters. The molecule has 7 nitrogen and oxygen atoms in total. The summed E-state index contributed by atoms with van der Waals surface area (Å²) in [4.78, 5) is 31.3. The van der Waals surface area contributed by atoms with E-state index < -0.39 is 0 Å². The predicted octanol–water partition coefficient (Wildman–Crippen LogP) is 4.20. The van der Waals surface area contributed by atoms with Gasteiger partial charge in [0, 0.05) is 19.0 Å². The number of hydrogen-bond acceptors (Lipinski definition) is 5. The van der Waals surface area contributed by atoms with Crippen molar-refractivity contribution in [3.8, 4) is 5.75 Å². The average Bonchev–Trinajstić information content (AvgIpc) is 3.59. The molecule has 0 spiro atoms. The van der Waals surface area contributed by atoms with Crippen molar-refractivity contribution in [3.05, 3.63) is 82.6 Å². The Morgan fingerprint density at radius 3 is 2.71 bits per heavy atom. The van der Waals surface area contributed by atoms with E-state index in [0.29, 0.717) is 18.2 Å². The molecule has 0 bridgehead atoms. The van der Waals surface area contributed by atoms with Crippen LogP contribution in [0, 0.1) is 12.8 Å². The summed E-state index contributed by atoms with van der Waals surface area (Å²) in [6, 6.07) is 14.3. The molecule has 1 fully saturated rings. The van der Waals surface area contributed by atoms with Crippen LogP contribution in [-0.4, -0.2) is 34.8 Å². The number of nitrogens with zero attached hydrogens (tertiary/aromatic N) is 2. The van der Waals surface area contributed by atoms with Gasteiger partial charge in [-0.05, 0) is 61.9 Å². The summed E-state index contributed by atoms with van der Waals surface area (Å²) in [5.41, 5.74) is 4.86. The van der Waals surface area contributed by atoms with E-state index in [-0.39, 0.29) is 36.1 Å². The summed E-state index contributed by atoms with van der Waals surface area (Å²) in [6.45, 7) is 5.27. The smallest absolute Gasteiger partial charge is 0.273 e. The van der Waals surface area contributed by atoms with Gasteiger partial charge in [0.1, 0.15) is 12.0 Å². The molecule has 3 aromatic rings. The number of fused-ring (bicyclic) bond motifs is 1. The van der Waals surface area contributed by atoms with Gasteiger partial charge in [0.15, 0.2) is 12.3 Å². The van der Waals surface area contributed by atoms with E-state index in [9.17, 15) is 9.59 Å². The van der Waals surface area contributed by atoms with Crippen molar-refractivity contribution in [2.24, 2.45) is 5.92 Å². The Hall–Kier alpha value is -3.61. The largest absolute Gasteiger partial charge is 0.484 e. The lowest BCUT2D eigenvalue weighted by Crippen LogP contribution is -2.41. The van der Waals surface area contributed by atoms with E-state index in [0.717, 1.165) is 36.9 Å². The highest BCUT2D eigenvalue weighted by atomic mass is 16.5. The highest BCUT2D eigenvalue weighted by molar-refractivity contribution is 5.91. The van der Waals surface area contributed by atoms with Gasteiger partial charge in [0.25, 0.3) is 5.91 Å². The van der Waals surface area contributed by atoms with Crippen LogP contribution in [-0.2, 0) is 17.8 Å². The Morgan fingerprint density at radius 2 is 1.97 bits per heavy atom. The fourth-order valence-corrected chi connectivity index (χ4v) is 4.47. The molecule has 0 unspecified atom stereocenters. The molecule has 1 N–H and O–H groups in total. The van der Waals surface area contributed by atoms with Gasteiger partial charge >= 0.3 is 0 Å². The number of rotatable bonds is 7. The molecule has 0 saturated heterocycles. The van der Waals surface area contributed by atoms with E-state index in [4.69, 9.17) is 9.15 Å². The van der Waals surface area contributed by atoms with Crippen LogP contribution in [0.15, 0.2) is 53.1 Å². The maximum Gasteiger partial charge on any atom is 0.273 e. The van der Waals surface area contributed by atoms with E-state index in [2.05, 4.69) is 47.6 Å². The highest BCUT2D eigenvalue weighted by Crippen LogP contribution is 2.41. The van der Waals surface area contributed by atoms with Crippen molar-refractivity contribution >= 4 is 11.8 Å². The Kier molecular flexibility index (Phi) is 6.09. The Bertz CT molecular complexity index is 1200. The van der Waals surface area contributed by atoms with Gasteiger partial charge in [-0.2, -0.15) is 0 Å². The third-order valence-electron chi connectivity index (χ3n) is 6.43. The predicted molar refractivity (Wildman–Crippen MR) is 126 cm³/mol. The second-order valence-electron chi connectivity index (χ2n) is 9.00. The molecule has 2 heterocycles. The van der Waals surface area contributed by atoms with Gasteiger partial charge < -0.3 is 19.4 Å². The summed E-state index contributed by atoms with van der Waals surface area (Å²) in [6.07, 6.45) is 4.14. The first-order valence-electron chi connectivity index (χ1n) is 11.9. The quantitative estimate of drug-likeness (QED) is 0.573. The molecule has 1 aliphatic carbocycles. The minimum atomic E-state index is -0.271. The van der Waals surface area contributed by atoms with Crippen molar-refractivity contribution in [1.82, 2.24) is 15.2 Å². The number of ether oxygens (including phenoxy) is 1. The molecule has 2 aromatic carbocycles. The first kappa shape index (κ1) is 22.2. The summed E-state index contributed by atoms with van der Waals surface area (Å²) in [5, 5.41) is 2.70. The van der Waals surface area contributed by atoms with E-state index in [1.807, 2.05) is 24.0 Å². The molecule has 34 heavy (non-hydrogen) atoms. The number of benzene rings is 2. The van der Waals surface area contributed by atoms with Crippen molar-refractivity contribution < 1.29 is 18.7 Å². The minimum Gasteiger partial charge on any atom is -0.484 e. The number of carbonyl (C=O) groups is 2. The van der Waals surface area contributed by atoms with E-state index >= 15 is 0 Å². The number of aromatic nitrogens is 1. The first-order chi connectivity index (χ1) is 16.5. The van der Waals surface area contributed by atoms with Crippen molar-refractivity contribution in [2.45, 2.75) is 45.8 Å². The zero-order valence-electron chi connectivity index (χ0n) is 19.5. The van der Waals surface area contributed by atoms with Crippen LogP contribution in [0.5, 0.6) is 5.75 Å². The first-order valence-corrected chi connectivity index (χ1v) is 11.9. The van der Waals surface area contributed by atoms with Crippen LogP contribution in [0.25, 0.3) is 0 Å². The molecule has 176 valence electrons. The lowest BCUT2D eigenvalue weighted by atomic mass is 9.87. The van der Waals surface area contributed by atoms with Crippen LogP contribution in [0.4, 0.5) is 0 Å². The van der Waals surface area contributed by atoms with Crippen molar-refractivity contribution in [1.29, 1.82) is 0 Å². The van der Waals surface area contributed by atoms with Crippen molar-refractivity contribution in [2.75, 3.05) is 13.1 Å². The number of aryl methyl sites for hydroxylation is 1. The van der Waals surface area contributed by atoms with E-state index in [1.54, 1.807) is 0 Å². The number of oxazole rings is 1. The summed E-state index contributed by atoms with van der Waals surface area (Å²) >= 11 is 0. The van der Waals surface area contributed by atoms with Gasteiger partial charge in [-0.1, -0.05) is 35.9 Å². The third kappa shape index (κ3) is 4.55. The Morgan fingerprint density at radius 1 is 1.18 bits per heavy atom.